The third-order valence-electron chi connectivity index (χ3n) is 4.90. The maximum atomic E-state index is 6.04. The lowest BCUT2D eigenvalue weighted by Gasteiger charge is -2.10. The number of halogens is 2. The molecule has 3 nitrogen and oxygen atoms in total. The normalized spacial score (nSPS) is 13.0. The van der Waals surface area contributed by atoms with Gasteiger partial charge in [-0.2, -0.15) is 0 Å². The highest BCUT2D eigenvalue weighted by Crippen LogP contribution is 2.40. The van der Waals surface area contributed by atoms with Gasteiger partial charge in [0.05, 0.1) is 11.1 Å². The molecule has 146 valence electrons. The number of fused-ring (bicyclic) bond motifs is 3. The van der Waals surface area contributed by atoms with Crippen LogP contribution < -0.4 is 5.32 Å². The quantitative estimate of drug-likeness (QED) is 0.314. The van der Waals surface area contributed by atoms with Crippen molar-refractivity contribution in [2.45, 2.75) is 29.9 Å². The number of hydrogen-bond acceptors (Lipinski definition) is 5. The molecule has 0 saturated carbocycles. The van der Waals surface area contributed by atoms with Gasteiger partial charge in [-0.1, -0.05) is 23.2 Å². The van der Waals surface area contributed by atoms with E-state index in [4.69, 9.17) is 33.2 Å². The lowest BCUT2D eigenvalue weighted by atomic mass is 10.2. The molecule has 7 heteroatoms. The summed E-state index contributed by atoms with van der Waals surface area (Å²) in [5, 5.41) is 6.15. The molecule has 29 heavy (non-hydrogen) atoms. The van der Waals surface area contributed by atoms with Crippen LogP contribution in [0.2, 0.25) is 10.0 Å². The van der Waals surface area contributed by atoms with Gasteiger partial charge in [0, 0.05) is 25.5 Å². The van der Waals surface area contributed by atoms with E-state index in [1.165, 1.54) is 22.2 Å². The van der Waals surface area contributed by atoms with Gasteiger partial charge in [-0.15, -0.1) is 23.1 Å². The van der Waals surface area contributed by atoms with E-state index < -0.39 is 0 Å². The maximum absolute atomic E-state index is 6.04. The second-order valence-corrected chi connectivity index (χ2v) is 9.91. The van der Waals surface area contributed by atoms with Crippen molar-refractivity contribution < 1.29 is 0 Å². The highest BCUT2D eigenvalue weighted by Gasteiger charge is 2.22. The lowest BCUT2D eigenvalue weighted by molar-refractivity contribution is 0.917. The monoisotopic (exact) mass is 457 g/mol. The van der Waals surface area contributed by atoms with Crippen molar-refractivity contribution in [2.75, 3.05) is 5.32 Å². The van der Waals surface area contributed by atoms with Crippen molar-refractivity contribution in [3.8, 4) is 0 Å². The summed E-state index contributed by atoms with van der Waals surface area (Å²) in [6.07, 6.45) is 3.46. The summed E-state index contributed by atoms with van der Waals surface area (Å²) in [6.45, 7) is 0. The SMILES string of the molecule is Clc1ccc(Nc2nc(CSc3ccc(Cl)cc3)nc3sc4c(c23)CCC4)cc1. The summed E-state index contributed by atoms with van der Waals surface area (Å²) in [7, 11) is 0. The third kappa shape index (κ3) is 4.10. The number of thiophene rings is 1. The zero-order chi connectivity index (χ0) is 19.8. The minimum Gasteiger partial charge on any atom is -0.340 e. The predicted octanol–water partition coefficient (Wildman–Crippen LogP) is 7.52. The van der Waals surface area contributed by atoms with Crippen molar-refractivity contribution in [2.24, 2.45) is 0 Å². The molecule has 0 spiro atoms. The molecule has 1 aliphatic carbocycles. The van der Waals surface area contributed by atoms with Crippen LogP contribution in [0, 0.1) is 0 Å². The summed E-state index contributed by atoms with van der Waals surface area (Å²) in [5.74, 6) is 2.42. The molecule has 0 aliphatic heterocycles. The summed E-state index contributed by atoms with van der Waals surface area (Å²) >= 11 is 15.6. The molecular weight excluding hydrogens is 441 g/mol. The first-order valence-corrected chi connectivity index (χ1v) is 11.9. The van der Waals surface area contributed by atoms with E-state index in [1.54, 1.807) is 11.8 Å². The van der Waals surface area contributed by atoms with E-state index >= 15 is 0 Å². The topological polar surface area (TPSA) is 37.8 Å². The Bertz CT molecular complexity index is 1170. The molecule has 0 atom stereocenters. The number of rotatable bonds is 5. The fourth-order valence-electron chi connectivity index (χ4n) is 3.54. The Morgan fingerprint density at radius 1 is 0.931 bits per heavy atom. The van der Waals surface area contributed by atoms with E-state index in [9.17, 15) is 0 Å². The zero-order valence-corrected chi connectivity index (χ0v) is 18.6. The molecule has 2 aromatic heterocycles. The second-order valence-electron chi connectivity index (χ2n) is 6.90. The first kappa shape index (κ1) is 19.2. The van der Waals surface area contributed by atoms with Crippen LogP contribution in [-0.2, 0) is 18.6 Å². The standard InChI is InChI=1S/C22H17Cl2N3S2/c23-13-4-8-15(9-5-13)25-21-20-17-2-1-3-18(17)29-22(20)27-19(26-21)12-28-16-10-6-14(24)7-11-16/h4-11H,1-3,12H2,(H,25,26,27). The minimum atomic E-state index is 0.704. The fourth-order valence-corrected chi connectivity index (χ4v) is 5.83. The predicted molar refractivity (Wildman–Crippen MR) is 125 cm³/mol. The molecule has 0 radical (unpaired) electrons. The average molecular weight is 458 g/mol. The van der Waals surface area contributed by atoms with E-state index in [0.29, 0.717) is 5.75 Å². The molecule has 4 aromatic rings. The smallest absolute Gasteiger partial charge is 0.143 e. The van der Waals surface area contributed by atoms with Crippen LogP contribution in [0.1, 0.15) is 22.7 Å². The number of hydrogen-bond donors (Lipinski definition) is 1. The van der Waals surface area contributed by atoms with Crippen LogP contribution in [0.25, 0.3) is 10.2 Å². The van der Waals surface area contributed by atoms with Crippen LogP contribution in [0.4, 0.5) is 11.5 Å². The number of anilines is 2. The molecular formula is C22H17Cl2N3S2. The molecule has 2 heterocycles. The van der Waals surface area contributed by atoms with Crippen LogP contribution in [0.3, 0.4) is 0 Å². The van der Waals surface area contributed by atoms with Crippen LogP contribution in [0.5, 0.6) is 0 Å². The highest BCUT2D eigenvalue weighted by atomic mass is 35.5. The van der Waals surface area contributed by atoms with Gasteiger partial charge >= 0.3 is 0 Å². The van der Waals surface area contributed by atoms with Crippen LogP contribution in [-0.4, -0.2) is 9.97 Å². The summed E-state index contributed by atoms with van der Waals surface area (Å²) < 4.78 is 0. The number of aryl methyl sites for hydroxylation is 2. The Morgan fingerprint density at radius 2 is 1.66 bits per heavy atom. The van der Waals surface area contributed by atoms with Crippen molar-refractivity contribution in [3.63, 3.8) is 0 Å². The van der Waals surface area contributed by atoms with Gasteiger partial charge in [-0.25, -0.2) is 9.97 Å². The number of aromatic nitrogens is 2. The minimum absolute atomic E-state index is 0.704. The molecule has 0 amide bonds. The Labute approximate surface area is 187 Å². The number of nitrogens with one attached hydrogen (secondary N) is 1. The summed E-state index contributed by atoms with van der Waals surface area (Å²) in [5.41, 5.74) is 2.39. The van der Waals surface area contributed by atoms with E-state index in [1.807, 2.05) is 59.9 Å². The van der Waals surface area contributed by atoms with Crippen molar-refractivity contribution in [3.05, 3.63) is 74.8 Å². The summed E-state index contributed by atoms with van der Waals surface area (Å²) in [4.78, 5) is 13.5. The van der Waals surface area contributed by atoms with Crippen LogP contribution >= 0.6 is 46.3 Å². The van der Waals surface area contributed by atoms with Gasteiger partial charge in [0.25, 0.3) is 0 Å². The van der Waals surface area contributed by atoms with Crippen molar-refractivity contribution in [1.82, 2.24) is 9.97 Å². The van der Waals surface area contributed by atoms with E-state index in [0.717, 1.165) is 49.9 Å². The first-order chi connectivity index (χ1) is 14.2. The summed E-state index contributed by atoms with van der Waals surface area (Å²) in [6, 6.07) is 15.6. The largest absolute Gasteiger partial charge is 0.340 e. The molecule has 1 N–H and O–H groups in total. The van der Waals surface area contributed by atoms with Crippen molar-refractivity contribution >= 4 is 68.0 Å². The molecule has 0 fully saturated rings. The Balaban J connectivity index is 1.50. The zero-order valence-electron chi connectivity index (χ0n) is 15.4. The van der Waals surface area contributed by atoms with E-state index in [2.05, 4.69) is 5.32 Å². The molecule has 1 aliphatic rings. The average Bonchev–Trinajstić information content (AvgIpc) is 3.30. The van der Waals surface area contributed by atoms with E-state index in [-0.39, 0.29) is 0 Å². The maximum Gasteiger partial charge on any atom is 0.143 e. The molecule has 2 aromatic carbocycles. The molecule has 0 bridgehead atoms. The first-order valence-electron chi connectivity index (χ1n) is 9.38. The lowest BCUT2D eigenvalue weighted by Crippen LogP contribution is -2.01. The third-order valence-corrected chi connectivity index (χ3v) is 7.60. The number of thioether (sulfide) groups is 1. The number of benzene rings is 2. The van der Waals surface area contributed by atoms with Gasteiger partial charge in [-0.3, -0.25) is 0 Å². The Morgan fingerprint density at radius 3 is 2.41 bits per heavy atom. The van der Waals surface area contributed by atoms with Crippen LogP contribution in [0.15, 0.2) is 53.4 Å². The van der Waals surface area contributed by atoms with Gasteiger partial charge in [0.1, 0.15) is 16.5 Å². The van der Waals surface area contributed by atoms with Gasteiger partial charge in [-0.05, 0) is 73.4 Å². The van der Waals surface area contributed by atoms with Gasteiger partial charge in [0.15, 0.2) is 0 Å². The second kappa shape index (κ2) is 8.15. The Hall–Kier alpha value is -1.79. The Kier molecular flexibility index (Phi) is 5.39. The molecule has 0 unspecified atom stereocenters. The van der Waals surface area contributed by atoms with Gasteiger partial charge < -0.3 is 5.32 Å². The molecule has 5 rings (SSSR count). The fraction of sp³-hybridized carbons (Fsp3) is 0.182. The highest BCUT2D eigenvalue weighted by molar-refractivity contribution is 7.98. The number of nitrogens with zero attached hydrogens (tertiary/aromatic N) is 2. The van der Waals surface area contributed by atoms with Gasteiger partial charge in [0.2, 0.25) is 0 Å². The van der Waals surface area contributed by atoms with Crippen molar-refractivity contribution in [1.29, 1.82) is 0 Å². The molecule has 0 saturated heterocycles.